The van der Waals surface area contributed by atoms with Crippen LogP contribution in [0.5, 0.6) is 0 Å². The van der Waals surface area contributed by atoms with Crippen LogP contribution in [0.1, 0.15) is 70.4 Å². The van der Waals surface area contributed by atoms with E-state index in [0.717, 1.165) is 48.8 Å². The van der Waals surface area contributed by atoms with Crippen LogP contribution in [0.4, 0.5) is 0 Å². The van der Waals surface area contributed by atoms with Crippen LogP contribution < -0.4 is 10.6 Å². The molecule has 0 radical (unpaired) electrons. The highest BCUT2D eigenvalue weighted by molar-refractivity contribution is 5.74. The highest BCUT2D eigenvalue weighted by Crippen LogP contribution is 2.67. The van der Waals surface area contributed by atoms with Crippen molar-refractivity contribution >= 4 is 6.29 Å². The van der Waals surface area contributed by atoms with Gasteiger partial charge < -0.3 is 35.8 Å². The molecular weight excluding hydrogens is 677 g/mol. The van der Waals surface area contributed by atoms with Crippen LogP contribution >= 0.6 is 0 Å². The topological polar surface area (TPSA) is 131 Å². The third-order valence-electron chi connectivity index (χ3n) is 13.0. The quantitative estimate of drug-likeness (QED) is 0.0479. The zero-order chi connectivity index (χ0) is 38.9. The van der Waals surface area contributed by atoms with Gasteiger partial charge in [0.25, 0.3) is 0 Å². The number of aldehydes is 1. The molecule has 1 aromatic rings. The molecule has 3 aliphatic carbocycles. The van der Waals surface area contributed by atoms with Crippen molar-refractivity contribution < 1.29 is 30.0 Å². The van der Waals surface area contributed by atoms with Crippen LogP contribution in [0.3, 0.4) is 0 Å². The van der Waals surface area contributed by atoms with E-state index in [1.165, 1.54) is 16.7 Å². The van der Waals surface area contributed by atoms with E-state index in [1.54, 1.807) is 0 Å². The normalized spacial score (nSPS) is 34.0. The summed E-state index contributed by atoms with van der Waals surface area (Å²) < 4.78 is 5.94. The fourth-order valence-electron chi connectivity index (χ4n) is 10.3. The fourth-order valence-corrected chi connectivity index (χ4v) is 10.3. The molecule has 1 spiro atoms. The Kier molecular flexibility index (Phi) is 15.1. The van der Waals surface area contributed by atoms with Crippen molar-refractivity contribution in [3.05, 3.63) is 106 Å². The summed E-state index contributed by atoms with van der Waals surface area (Å²) in [5.41, 5.74) is 5.37. The molecule has 1 heterocycles. The van der Waals surface area contributed by atoms with Crippen molar-refractivity contribution in [1.82, 2.24) is 10.6 Å². The van der Waals surface area contributed by atoms with E-state index < -0.39 is 17.1 Å². The molecule has 9 unspecified atom stereocenters. The first-order valence-electron chi connectivity index (χ1n) is 20.2. The highest BCUT2D eigenvalue weighted by Gasteiger charge is 2.68. The van der Waals surface area contributed by atoms with Gasteiger partial charge in [-0.3, -0.25) is 4.79 Å². The van der Waals surface area contributed by atoms with Gasteiger partial charge in [0.2, 0.25) is 0 Å². The first-order valence-corrected chi connectivity index (χ1v) is 20.2. The molecule has 6 N–H and O–H groups in total. The third-order valence-corrected chi connectivity index (χ3v) is 13.0. The molecule has 296 valence electrons. The van der Waals surface area contributed by atoms with E-state index in [4.69, 9.17) is 4.74 Å². The molecule has 8 nitrogen and oxygen atoms in total. The van der Waals surface area contributed by atoms with Gasteiger partial charge in [0.15, 0.2) is 0 Å². The largest absolute Gasteiger partial charge is 0.396 e. The number of hydrogen-bond donors (Lipinski definition) is 6. The summed E-state index contributed by atoms with van der Waals surface area (Å²) in [6.07, 6.45) is 18.0. The van der Waals surface area contributed by atoms with Crippen LogP contribution in [-0.2, 0) is 22.4 Å². The highest BCUT2D eigenvalue weighted by atomic mass is 16.5. The van der Waals surface area contributed by atoms with Gasteiger partial charge in [0.1, 0.15) is 6.29 Å². The lowest BCUT2D eigenvalue weighted by Crippen LogP contribution is -2.65. The Bertz CT molecular complexity index is 1610. The number of benzene rings is 1. The number of nitrogens with one attached hydrogen (secondary N) is 2. The zero-order valence-corrected chi connectivity index (χ0v) is 33.1. The van der Waals surface area contributed by atoms with E-state index in [9.17, 15) is 25.2 Å². The van der Waals surface area contributed by atoms with E-state index >= 15 is 0 Å². The summed E-state index contributed by atoms with van der Waals surface area (Å²) in [5.74, 6) is -0.650. The molecular formula is C46H66N2O6. The van der Waals surface area contributed by atoms with Crippen molar-refractivity contribution in [2.75, 3.05) is 46.6 Å². The van der Waals surface area contributed by atoms with Gasteiger partial charge >= 0.3 is 0 Å². The number of rotatable bonds is 14. The van der Waals surface area contributed by atoms with Gasteiger partial charge in [-0.15, -0.1) is 0 Å². The Morgan fingerprint density at radius 1 is 1.17 bits per heavy atom. The maximum Gasteiger partial charge on any atom is 0.145 e. The number of fused-ring (bicyclic) bond motifs is 5. The van der Waals surface area contributed by atoms with Gasteiger partial charge in [-0.1, -0.05) is 84.0 Å². The number of ether oxygens (including phenoxy) is 1. The number of hydrogen-bond acceptors (Lipinski definition) is 8. The Labute approximate surface area is 323 Å². The van der Waals surface area contributed by atoms with Crippen molar-refractivity contribution in [2.24, 2.45) is 35.0 Å². The Balaban J connectivity index is 1.49. The maximum atomic E-state index is 12.9. The second-order valence-electron chi connectivity index (χ2n) is 16.6. The Hall–Kier alpha value is -2.95. The molecule has 2 saturated carbocycles. The van der Waals surface area contributed by atoms with Gasteiger partial charge in [0.05, 0.1) is 31.5 Å². The average molecular weight is 743 g/mol. The molecule has 8 heteroatoms. The molecule has 0 aromatic heterocycles. The molecule has 5 rings (SSSR count). The minimum atomic E-state index is -1.21. The second kappa shape index (κ2) is 19.3. The van der Waals surface area contributed by atoms with Gasteiger partial charge in [-0.2, -0.15) is 0 Å². The van der Waals surface area contributed by atoms with Crippen LogP contribution in [0.25, 0.3) is 0 Å². The average Bonchev–Trinajstić information content (AvgIpc) is 3.50. The first kappa shape index (κ1) is 42.2. The molecule has 54 heavy (non-hydrogen) atoms. The smallest absolute Gasteiger partial charge is 0.145 e. The summed E-state index contributed by atoms with van der Waals surface area (Å²) in [5, 5.41) is 52.3. The zero-order valence-electron chi connectivity index (χ0n) is 33.1. The minimum Gasteiger partial charge on any atom is -0.396 e. The fraction of sp³-hybridized carbons (Fsp3) is 0.587. The molecule has 2 fully saturated rings. The minimum absolute atomic E-state index is 0.0269. The lowest BCUT2D eigenvalue weighted by molar-refractivity contribution is -0.194. The SMILES string of the molecule is C=C(C=CC=C(COCCO)C1CCC2(C1O)C1C(=C(C)C=O)C(C=CC1CCO)CC2(O)CCNC)C1CC=C(C)CNC(C)Cc2cccc(c2)C1. The van der Waals surface area contributed by atoms with E-state index in [0.29, 0.717) is 50.3 Å². The summed E-state index contributed by atoms with van der Waals surface area (Å²) >= 11 is 0. The number of aliphatic hydroxyl groups excluding tert-OH is 3. The third kappa shape index (κ3) is 9.18. The molecule has 0 amide bonds. The molecule has 1 aliphatic heterocycles. The Morgan fingerprint density at radius 2 is 1.94 bits per heavy atom. The van der Waals surface area contributed by atoms with Crippen molar-refractivity contribution in [1.29, 1.82) is 0 Å². The number of aliphatic hydroxyl groups is 4. The molecule has 0 saturated heterocycles. The molecule has 9 atom stereocenters. The summed E-state index contributed by atoms with van der Waals surface area (Å²) in [4.78, 5) is 12.4. The maximum absolute atomic E-state index is 12.9. The monoisotopic (exact) mass is 742 g/mol. The van der Waals surface area contributed by atoms with Crippen LogP contribution in [0.15, 0.2) is 95.2 Å². The summed E-state index contributed by atoms with van der Waals surface area (Å²) in [6.45, 7) is 12.5. The summed E-state index contributed by atoms with van der Waals surface area (Å²) in [7, 11) is 1.87. The lowest BCUT2D eigenvalue weighted by atomic mass is 9.45. The van der Waals surface area contributed by atoms with Gasteiger partial charge in [-0.05, 0) is 126 Å². The number of allylic oxidation sites excluding steroid dienone is 9. The second-order valence-corrected chi connectivity index (χ2v) is 16.6. The molecule has 1 aromatic carbocycles. The predicted molar refractivity (Wildman–Crippen MR) is 217 cm³/mol. The van der Waals surface area contributed by atoms with Crippen LogP contribution in [-0.4, -0.2) is 91.0 Å². The van der Waals surface area contributed by atoms with Crippen LogP contribution in [0, 0.1) is 35.0 Å². The number of carbonyl (C=O) groups excluding carboxylic acids is 1. The van der Waals surface area contributed by atoms with E-state index in [1.807, 2.05) is 26.1 Å². The Morgan fingerprint density at radius 3 is 2.67 bits per heavy atom. The molecule has 4 aliphatic rings. The number of carbonyl (C=O) groups is 1. The van der Waals surface area contributed by atoms with Crippen molar-refractivity contribution in [3.8, 4) is 0 Å². The van der Waals surface area contributed by atoms with Gasteiger partial charge in [0, 0.05) is 36.4 Å². The standard InChI is InChI=1S/C46H66N2O6/c1-31-12-13-38(26-36-10-7-9-35(25-36)24-34(4)48-28-31)32(2)8-6-11-40(30-54-23-22-50)41-16-18-46(44(41)52)43-37(17-21-49)14-15-39(42(43)33(3)29-51)27-45(46,53)19-20-47-5/h6-12,14-15,25,29,34,37-39,41,43-44,47-50,52-53H,2,13,16-24,26-28,30H2,1,3-5H3. The molecule has 4 bridgehead atoms. The lowest BCUT2D eigenvalue weighted by Gasteiger charge is -2.61. The van der Waals surface area contributed by atoms with Crippen LogP contribution in [0.2, 0.25) is 0 Å². The van der Waals surface area contributed by atoms with Crippen molar-refractivity contribution in [2.45, 2.75) is 89.9 Å². The predicted octanol–water partition coefficient (Wildman–Crippen LogP) is 5.58. The van der Waals surface area contributed by atoms with E-state index in [2.05, 4.69) is 79.6 Å². The van der Waals surface area contributed by atoms with E-state index in [-0.39, 0.29) is 56.0 Å². The van der Waals surface area contributed by atoms with Gasteiger partial charge in [-0.25, -0.2) is 0 Å². The summed E-state index contributed by atoms with van der Waals surface area (Å²) in [6, 6.07) is 9.28. The van der Waals surface area contributed by atoms with Crippen molar-refractivity contribution in [3.63, 3.8) is 0 Å². The first-order chi connectivity index (χ1) is 26.0.